The quantitative estimate of drug-likeness (QED) is 0.706. The topological polar surface area (TPSA) is 39.4 Å². The van der Waals surface area contributed by atoms with E-state index in [-0.39, 0.29) is 5.76 Å². The number of methoxy groups -OCH3 is 1. The molecule has 0 unspecified atom stereocenters. The Bertz CT molecular complexity index is 523. The lowest BCUT2D eigenvalue weighted by atomic mass is 10.1. The van der Waals surface area contributed by atoms with Crippen LogP contribution < -0.4 is 4.74 Å². The van der Waals surface area contributed by atoms with Crippen LogP contribution in [0, 0.1) is 13.8 Å². The third kappa shape index (κ3) is 1.31. The summed E-state index contributed by atoms with van der Waals surface area (Å²) in [4.78, 5) is 10.8. The van der Waals surface area contributed by atoms with Gasteiger partial charge in [0.2, 0.25) is 5.76 Å². The molecule has 0 radical (unpaired) electrons. The molecule has 0 N–H and O–H groups in total. The smallest absolute Gasteiger partial charge is 0.209 e. The van der Waals surface area contributed by atoms with E-state index in [4.69, 9.17) is 9.15 Å². The second-order valence-corrected chi connectivity index (χ2v) is 3.52. The van der Waals surface area contributed by atoms with E-state index in [1.807, 2.05) is 26.0 Å². The normalized spacial score (nSPS) is 10.6. The zero-order valence-corrected chi connectivity index (χ0v) is 8.96. The highest BCUT2D eigenvalue weighted by molar-refractivity contribution is 5.96. The summed E-state index contributed by atoms with van der Waals surface area (Å²) in [5, 5.41) is 0.889. The van der Waals surface area contributed by atoms with Crippen LogP contribution in [0.1, 0.15) is 21.7 Å². The highest BCUT2D eigenvalue weighted by Gasteiger charge is 2.17. The number of fused-ring (bicyclic) bond motifs is 1. The first kappa shape index (κ1) is 9.77. The van der Waals surface area contributed by atoms with Gasteiger partial charge in [-0.3, -0.25) is 4.79 Å². The largest absolute Gasteiger partial charge is 0.492 e. The molecule has 0 aliphatic rings. The third-order valence-corrected chi connectivity index (χ3v) is 2.54. The van der Waals surface area contributed by atoms with E-state index in [0.29, 0.717) is 12.0 Å². The van der Waals surface area contributed by atoms with Crippen LogP contribution in [0.2, 0.25) is 0 Å². The maximum absolute atomic E-state index is 10.8. The van der Waals surface area contributed by atoms with E-state index in [1.54, 1.807) is 7.11 Å². The number of benzene rings is 1. The van der Waals surface area contributed by atoms with Crippen LogP contribution in [0.4, 0.5) is 0 Å². The molecular formula is C12H12O3. The number of ether oxygens (including phenoxy) is 1. The molecule has 0 bridgehead atoms. The molecule has 2 aromatic rings. The molecular weight excluding hydrogens is 192 g/mol. The molecule has 78 valence electrons. The molecule has 3 nitrogen and oxygen atoms in total. The molecule has 1 aromatic carbocycles. The predicted octanol–water partition coefficient (Wildman–Crippen LogP) is 2.87. The van der Waals surface area contributed by atoms with Gasteiger partial charge in [-0.05, 0) is 25.0 Å². The molecule has 0 amide bonds. The van der Waals surface area contributed by atoms with Crippen molar-refractivity contribution in [1.82, 2.24) is 0 Å². The van der Waals surface area contributed by atoms with Crippen molar-refractivity contribution in [2.45, 2.75) is 13.8 Å². The maximum atomic E-state index is 10.8. The maximum Gasteiger partial charge on any atom is 0.209 e. The molecule has 0 aliphatic heterocycles. The summed E-state index contributed by atoms with van der Waals surface area (Å²) in [6, 6.07) is 3.96. The number of rotatable bonds is 2. The van der Waals surface area contributed by atoms with Gasteiger partial charge in [-0.2, -0.15) is 0 Å². The second-order valence-electron chi connectivity index (χ2n) is 3.52. The summed E-state index contributed by atoms with van der Waals surface area (Å²) >= 11 is 0. The van der Waals surface area contributed by atoms with Crippen LogP contribution in [0.25, 0.3) is 11.0 Å². The van der Waals surface area contributed by atoms with Gasteiger partial charge in [0.1, 0.15) is 5.58 Å². The van der Waals surface area contributed by atoms with Gasteiger partial charge in [-0.1, -0.05) is 12.1 Å². The zero-order valence-electron chi connectivity index (χ0n) is 8.96. The van der Waals surface area contributed by atoms with Crippen LogP contribution in [-0.4, -0.2) is 13.4 Å². The van der Waals surface area contributed by atoms with E-state index in [0.717, 1.165) is 22.1 Å². The van der Waals surface area contributed by atoms with Crippen LogP contribution in [0.15, 0.2) is 16.5 Å². The summed E-state index contributed by atoms with van der Waals surface area (Å²) in [5.41, 5.74) is 2.78. The van der Waals surface area contributed by atoms with Crippen molar-refractivity contribution in [2.24, 2.45) is 0 Å². The first-order valence-electron chi connectivity index (χ1n) is 4.71. The van der Waals surface area contributed by atoms with Gasteiger partial charge in [-0.15, -0.1) is 0 Å². The fourth-order valence-corrected chi connectivity index (χ4v) is 1.76. The Hall–Kier alpha value is -1.77. The minimum atomic E-state index is 0.255. The third-order valence-electron chi connectivity index (χ3n) is 2.54. The minimum Gasteiger partial charge on any atom is -0.492 e. The molecule has 3 heteroatoms. The molecule has 15 heavy (non-hydrogen) atoms. The molecule has 1 aromatic heterocycles. The molecule has 1 heterocycles. The summed E-state index contributed by atoms with van der Waals surface area (Å²) in [6.45, 7) is 3.91. The minimum absolute atomic E-state index is 0.255. The summed E-state index contributed by atoms with van der Waals surface area (Å²) < 4.78 is 10.7. The predicted molar refractivity (Wildman–Crippen MR) is 57.6 cm³/mol. The number of hydrogen-bond acceptors (Lipinski definition) is 3. The Labute approximate surface area is 87.6 Å². The van der Waals surface area contributed by atoms with Crippen molar-refractivity contribution in [3.8, 4) is 5.75 Å². The lowest BCUT2D eigenvalue weighted by Gasteiger charge is -2.00. The van der Waals surface area contributed by atoms with Crippen molar-refractivity contribution in [1.29, 1.82) is 0 Å². The first-order valence-corrected chi connectivity index (χ1v) is 4.71. The van der Waals surface area contributed by atoms with Crippen molar-refractivity contribution in [3.63, 3.8) is 0 Å². The number of aldehydes is 1. The molecule has 0 atom stereocenters. The molecule has 0 spiro atoms. The molecule has 0 aliphatic carbocycles. The monoisotopic (exact) mass is 204 g/mol. The van der Waals surface area contributed by atoms with Crippen molar-refractivity contribution < 1.29 is 13.9 Å². The van der Waals surface area contributed by atoms with Crippen molar-refractivity contribution >= 4 is 17.3 Å². The van der Waals surface area contributed by atoms with Crippen LogP contribution >= 0.6 is 0 Å². The lowest BCUT2D eigenvalue weighted by molar-refractivity contribution is 0.109. The van der Waals surface area contributed by atoms with E-state index >= 15 is 0 Å². The number of aryl methyl sites for hydroxylation is 2. The van der Waals surface area contributed by atoms with Gasteiger partial charge >= 0.3 is 0 Å². The number of carbonyl (C=O) groups excluding carboxylic acids is 1. The van der Waals surface area contributed by atoms with Crippen molar-refractivity contribution in [3.05, 3.63) is 29.0 Å². The highest BCUT2D eigenvalue weighted by Crippen LogP contribution is 2.35. The van der Waals surface area contributed by atoms with Gasteiger partial charge in [0.05, 0.1) is 12.5 Å². The molecule has 0 saturated heterocycles. The molecule has 0 saturated carbocycles. The van der Waals surface area contributed by atoms with Crippen LogP contribution in [-0.2, 0) is 0 Å². The van der Waals surface area contributed by atoms with Crippen LogP contribution in [0.5, 0.6) is 5.75 Å². The summed E-state index contributed by atoms with van der Waals surface area (Å²) in [6.07, 6.45) is 0.678. The van der Waals surface area contributed by atoms with E-state index in [1.165, 1.54) is 0 Å². The van der Waals surface area contributed by atoms with Crippen molar-refractivity contribution in [2.75, 3.05) is 7.11 Å². The Morgan fingerprint density at radius 3 is 2.53 bits per heavy atom. The van der Waals surface area contributed by atoms with Gasteiger partial charge in [0, 0.05) is 0 Å². The van der Waals surface area contributed by atoms with Crippen LogP contribution in [0.3, 0.4) is 0 Å². The lowest BCUT2D eigenvalue weighted by Crippen LogP contribution is -1.86. The van der Waals surface area contributed by atoms with E-state index < -0.39 is 0 Å². The Kier molecular flexibility index (Phi) is 2.23. The Balaban J connectivity index is 2.93. The highest BCUT2D eigenvalue weighted by atomic mass is 16.5. The average Bonchev–Trinajstić information content (AvgIpc) is 2.63. The molecule has 2 rings (SSSR count). The zero-order chi connectivity index (χ0) is 11.0. The summed E-state index contributed by atoms with van der Waals surface area (Å²) in [7, 11) is 1.54. The second kappa shape index (κ2) is 3.42. The number of furan rings is 1. The summed E-state index contributed by atoms with van der Waals surface area (Å²) in [5.74, 6) is 0.783. The number of carbonyl (C=O) groups is 1. The Morgan fingerprint density at radius 1 is 1.27 bits per heavy atom. The van der Waals surface area contributed by atoms with E-state index in [9.17, 15) is 4.79 Å². The van der Waals surface area contributed by atoms with Gasteiger partial charge in [0.25, 0.3) is 0 Å². The van der Waals surface area contributed by atoms with Gasteiger partial charge in [0.15, 0.2) is 12.0 Å². The Morgan fingerprint density at radius 2 is 1.93 bits per heavy atom. The standard InChI is InChI=1S/C12H12O3/c1-7-4-5-8(2)11-10(7)12(14-3)9(6-13)15-11/h4-6H,1-3H3. The molecule has 0 fully saturated rings. The first-order chi connectivity index (χ1) is 7.19. The average molecular weight is 204 g/mol. The number of hydrogen-bond donors (Lipinski definition) is 0. The fourth-order valence-electron chi connectivity index (χ4n) is 1.76. The van der Waals surface area contributed by atoms with E-state index in [2.05, 4.69) is 0 Å². The van der Waals surface area contributed by atoms with Gasteiger partial charge in [-0.25, -0.2) is 0 Å². The van der Waals surface area contributed by atoms with Gasteiger partial charge < -0.3 is 9.15 Å². The SMILES string of the molecule is COc1c(C=O)oc2c(C)ccc(C)c12. The fraction of sp³-hybridized carbons (Fsp3) is 0.250.